The molecule has 0 spiro atoms. The molecule has 1 atom stereocenters. The molecule has 3 rings (SSSR count). The summed E-state index contributed by atoms with van der Waals surface area (Å²) in [5.74, 6) is 0.756. The molecule has 0 aliphatic carbocycles. The summed E-state index contributed by atoms with van der Waals surface area (Å²) in [5, 5.41) is 6.58. The average molecular weight is 385 g/mol. The zero-order valence-corrected chi connectivity index (χ0v) is 17.6. The largest absolute Gasteiger partial charge is 0.417 e. The molecule has 1 unspecified atom stereocenters. The average Bonchev–Trinajstić information content (AvgIpc) is 2.95. The lowest BCUT2D eigenvalue weighted by Gasteiger charge is -2.35. The molecule has 28 heavy (non-hydrogen) atoms. The molecule has 150 valence electrons. The van der Waals surface area contributed by atoms with E-state index in [1.807, 2.05) is 11.5 Å². The molecule has 8 heteroatoms. The molecular formula is C20H29N6O2+. The molecule has 0 aromatic rings. The van der Waals surface area contributed by atoms with Crippen molar-refractivity contribution in [3.8, 4) is 0 Å². The molecule has 3 aliphatic rings. The zero-order valence-electron chi connectivity index (χ0n) is 17.6. The van der Waals surface area contributed by atoms with Gasteiger partial charge in [0.1, 0.15) is 13.1 Å². The summed E-state index contributed by atoms with van der Waals surface area (Å²) >= 11 is 0. The zero-order chi connectivity index (χ0) is 21.0. The number of carbonyl (C=O) groups excluding carboxylic acids is 2. The third-order valence-electron chi connectivity index (χ3n) is 4.89. The van der Waals surface area contributed by atoms with E-state index in [0.29, 0.717) is 24.9 Å². The SMILES string of the molecule is C=C(C)CN1N=C(C(C)(C)C)C[N+]2=C1N=C1C2C(=O)N(CC(=C)C)C(=O)N1C. The van der Waals surface area contributed by atoms with Crippen molar-refractivity contribution in [2.45, 2.75) is 40.7 Å². The van der Waals surface area contributed by atoms with Gasteiger partial charge in [0.05, 0.1) is 12.3 Å². The van der Waals surface area contributed by atoms with Gasteiger partial charge in [-0.1, -0.05) is 44.5 Å². The number of likely N-dealkylation sites (N-methyl/N-ethyl adjacent to an activating group) is 1. The predicted molar refractivity (Wildman–Crippen MR) is 109 cm³/mol. The number of amidine groups is 1. The van der Waals surface area contributed by atoms with Gasteiger partial charge in [-0.2, -0.15) is 0 Å². The first-order valence-corrected chi connectivity index (χ1v) is 9.37. The number of hydrogen-bond donors (Lipinski definition) is 0. The maximum Gasteiger partial charge on any atom is 0.417 e. The van der Waals surface area contributed by atoms with Crippen LogP contribution in [0.15, 0.2) is 34.4 Å². The van der Waals surface area contributed by atoms with Crippen LogP contribution in [0.25, 0.3) is 0 Å². The minimum absolute atomic E-state index is 0.168. The Morgan fingerprint density at radius 1 is 1.18 bits per heavy atom. The standard InChI is InChI=1S/C20H29N6O2/c1-12(2)9-25-17(27)15-16(23(8)19(25)28)21-18-24(15)11-14(20(5,6)7)22-26(18)10-13(3)4/h15H,1,3,9-11H2,2,4-8H3/q+1. The molecule has 3 heterocycles. The number of rotatable bonds is 4. The molecule has 1 fully saturated rings. The van der Waals surface area contributed by atoms with Crippen molar-refractivity contribution in [1.82, 2.24) is 14.8 Å². The van der Waals surface area contributed by atoms with Crippen molar-refractivity contribution in [2.24, 2.45) is 15.5 Å². The van der Waals surface area contributed by atoms with Gasteiger partial charge in [-0.15, -0.1) is 10.1 Å². The Labute approximate surface area is 166 Å². The molecule has 8 nitrogen and oxygen atoms in total. The summed E-state index contributed by atoms with van der Waals surface area (Å²) in [5.41, 5.74) is 2.46. The van der Waals surface area contributed by atoms with Crippen LogP contribution in [0.2, 0.25) is 0 Å². The second-order valence-electron chi connectivity index (χ2n) is 8.83. The van der Waals surface area contributed by atoms with E-state index in [9.17, 15) is 9.59 Å². The molecule has 1 saturated heterocycles. The van der Waals surface area contributed by atoms with Gasteiger partial charge in [0.25, 0.3) is 5.91 Å². The number of amides is 3. The van der Waals surface area contributed by atoms with Gasteiger partial charge in [0.15, 0.2) is 0 Å². The first kappa shape index (κ1) is 20.0. The monoisotopic (exact) mass is 385 g/mol. The summed E-state index contributed by atoms with van der Waals surface area (Å²) in [6.45, 7) is 19.0. The number of guanidine groups is 1. The van der Waals surface area contributed by atoms with Gasteiger partial charge < -0.3 is 0 Å². The van der Waals surface area contributed by atoms with Crippen molar-refractivity contribution < 1.29 is 14.2 Å². The van der Waals surface area contributed by atoms with Crippen molar-refractivity contribution in [3.05, 3.63) is 24.3 Å². The molecule has 3 amide bonds. The van der Waals surface area contributed by atoms with Crippen molar-refractivity contribution in [2.75, 3.05) is 26.7 Å². The lowest BCUT2D eigenvalue weighted by atomic mass is 9.89. The Morgan fingerprint density at radius 3 is 2.32 bits per heavy atom. The molecule has 0 bridgehead atoms. The third-order valence-corrected chi connectivity index (χ3v) is 4.89. The Hall–Kier alpha value is -2.77. The number of carbonyl (C=O) groups is 2. The normalized spacial score (nSPS) is 22.2. The second kappa shape index (κ2) is 6.68. The van der Waals surface area contributed by atoms with Gasteiger partial charge >= 0.3 is 12.0 Å². The van der Waals surface area contributed by atoms with E-state index in [0.717, 1.165) is 16.9 Å². The van der Waals surface area contributed by atoms with Gasteiger partial charge in [-0.25, -0.2) is 9.37 Å². The smallest absolute Gasteiger partial charge is 0.270 e. The van der Waals surface area contributed by atoms with E-state index < -0.39 is 6.04 Å². The molecule has 3 aliphatic heterocycles. The van der Waals surface area contributed by atoms with Crippen molar-refractivity contribution >= 4 is 29.4 Å². The van der Waals surface area contributed by atoms with E-state index in [1.54, 1.807) is 19.0 Å². The van der Waals surface area contributed by atoms with Gasteiger partial charge in [0.2, 0.25) is 11.9 Å². The van der Waals surface area contributed by atoms with E-state index in [1.165, 1.54) is 9.80 Å². The fourth-order valence-electron chi connectivity index (χ4n) is 3.42. The number of urea groups is 1. The summed E-state index contributed by atoms with van der Waals surface area (Å²) in [6.07, 6.45) is 0. The Balaban J connectivity index is 2.06. The topological polar surface area (TPSA) is 71.6 Å². The predicted octanol–water partition coefficient (Wildman–Crippen LogP) is 1.90. The highest BCUT2D eigenvalue weighted by Gasteiger charge is 2.55. The fourth-order valence-corrected chi connectivity index (χ4v) is 3.42. The summed E-state index contributed by atoms with van der Waals surface area (Å²) < 4.78 is 1.95. The summed E-state index contributed by atoms with van der Waals surface area (Å²) in [6, 6.07) is -1.02. The number of imide groups is 1. The van der Waals surface area contributed by atoms with E-state index in [4.69, 9.17) is 5.10 Å². The van der Waals surface area contributed by atoms with Crippen LogP contribution in [-0.4, -0.2) is 81.6 Å². The maximum atomic E-state index is 13.3. The van der Waals surface area contributed by atoms with E-state index >= 15 is 0 Å². The highest BCUT2D eigenvalue weighted by molar-refractivity contribution is 6.23. The quantitative estimate of drug-likeness (QED) is 0.548. The summed E-state index contributed by atoms with van der Waals surface area (Å²) in [4.78, 5) is 33.3. The number of hydrogen-bond acceptors (Lipinski definition) is 5. The van der Waals surface area contributed by atoms with Gasteiger partial charge in [-0.05, 0) is 19.4 Å². The van der Waals surface area contributed by atoms with Gasteiger partial charge in [-0.3, -0.25) is 14.6 Å². The van der Waals surface area contributed by atoms with Crippen molar-refractivity contribution in [1.29, 1.82) is 0 Å². The first-order valence-electron chi connectivity index (χ1n) is 9.37. The highest BCUT2D eigenvalue weighted by Crippen LogP contribution is 2.27. The molecule has 0 aromatic carbocycles. The van der Waals surface area contributed by atoms with Crippen LogP contribution in [0.4, 0.5) is 4.79 Å². The molecule has 0 radical (unpaired) electrons. The first-order chi connectivity index (χ1) is 12.9. The van der Waals surface area contributed by atoms with Crippen LogP contribution < -0.4 is 0 Å². The lowest BCUT2D eigenvalue weighted by Crippen LogP contribution is -2.63. The maximum absolute atomic E-state index is 13.3. The van der Waals surface area contributed by atoms with Crippen LogP contribution in [0.3, 0.4) is 0 Å². The Kier molecular flexibility index (Phi) is 4.77. The number of fused-ring (bicyclic) bond motifs is 2. The van der Waals surface area contributed by atoms with Gasteiger partial charge in [0, 0.05) is 12.5 Å². The number of aliphatic imine (C=N–C) groups is 1. The van der Waals surface area contributed by atoms with Crippen LogP contribution in [0.1, 0.15) is 34.6 Å². The number of hydrazone groups is 1. The second-order valence-corrected chi connectivity index (χ2v) is 8.83. The van der Waals surface area contributed by atoms with Crippen molar-refractivity contribution in [3.63, 3.8) is 0 Å². The fraction of sp³-hybridized carbons (Fsp3) is 0.550. The molecular weight excluding hydrogens is 356 g/mol. The molecule has 0 aromatic heterocycles. The lowest BCUT2D eigenvalue weighted by molar-refractivity contribution is -0.528. The Morgan fingerprint density at radius 2 is 1.79 bits per heavy atom. The number of nitrogens with zero attached hydrogens (tertiary/aromatic N) is 6. The minimum atomic E-state index is -0.641. The Bertz CT molecular complexity index is 874. The summed E-state index contributed by atoms with van der Waals surface area (Å²) in [7, 11) is 1.65. The molecule has 0 saturated carbocycles. The minimum Gasteiger partial charge on any atom is -0.270 e. The van der Waals surface area contributed by atoms with Crippen LogP contribution in [0.5, 0.6) is 0 Å². The van der Waals surface area contributed by atoms with E-state index in [2.05, 4.69) is 38.9 Å². The molecule has 0 N–H and O–H groups in total. The third kappa shape index (κ3) is 3.27. The van der Waals surface area contributed by atoms with Crippen LogP contribution in [-0.2, 0) is 4.79 Å². The highest BCUT2D eigenvalue weighted by atomic mass is 16.2. The van der Waals surface area contributed by atoms with Crippen LogP contribution >= 0.6 is 0 Å². The van der Waals surface area contributed by atoms with E-state index in [-0.39, 0.29) is 23.9 Å². The van der Waals surface area contributed by atoms with Crippen LogP contribution in [0, 0.1) is 5.41 Å².